The quantitative estimate of drug-likeness (QED) is 0.595. The molecule has 2 N–H and O–H groups in total. The maximum absolute atomic E-state index is 9.87. The molecule has 0 radical (unpaired) electrons. The molecule has 1 aromatic rings. The van der Waals surface area contributed by atoms with Gasteiger partial charge in [0.25, 0.3) is 0 Å². The first-order valence-corrected chi connectivity index (χ1v) is 4.11. The van der Waals surface area contributed by atoms with Gasteiger partial charge in [0.1, 0.15) is 5.60 Å². The molecule has 0 aliphatic heterocycles. The van der Waals surface area contributed by atoms with Crippen molar-refractivity contribution in [2.75, 3.05) is 0 Å². The lowest BCUT2D eigenvalue weighted by Crippen LogP contribution is -2.31. The summed E-state index contributed by atoms with van der Waals surface area (Å²) in [6.07, 6.45) is -0.0988. The molecule has 0 spiro atoms. The monoisotopic (exact) mass is 164 g/mol. The molecule has 12 heavy (non-hydrogen) atoms. The predicted molar refractivity (Wildman–Crippen MR) is 45.7 cm³/mol. The van der Waals surface area contributed by atoms with Crippen LogP contribution in [0.15, 0.2) is 24.3 Å². The molecule has 2 heteroatoms. The molecule has 1 aliphatic carbocycles. The van der Waals surface area contributed by atoms with Crippen LogP contribution in [0.25, 0.3) is 0 Å². The average molecular weight is 164 g/mol. The second-order valence-electron chi connectivity index (χ2n) is 3.52. The number of hydrogen-bond donors (Lipinski definition) is 2. The van der Waals surface area contributed by atoms with E-state index in [-0.39, 0.29) is 0 Å². The van der Waals surface area contributed by atoms with E-state index in [0.29, 0.717) is 6.42 Å². The molecular weight excluding hydrogens is 152 g/mol. The summed E-state index contributed by atoms with van der Waals surface area (Å²) in [5, 5.41) is 19.4. The van der Waals surface area contributed by atoms with Gasteiger partial charge in [0.05, 0.1) is 6.10 Å². The fraction of sp³-hybridized carbons (Fsp3) is 0.400. The topological polar surface area (TPSA) is 40.5 Å². The number of rotatable bonds is 0. The number of fused-ring (bicyclic) bond motifs is 1. The standard InChI is InChI=1S/C10H12O2/c1-10(12)8-5-3-2-4-7(8)6-9(10)11/h2-5,9,11-12H,6H2,1H3/t9-,10+/m0/s1. The van der Waals surface area contributed by atoms with E-state index < -0.39 is 11.7 Å². The SMILES string of the molecule is C[C@@]1(O)c2ccccc2C[C@@H]1O. The van der Waals surface area contributed by atoms with Crippen LogP contribution in [0, 0.1) is 0 Å². The summed E-state index contributed by atoms with van der Waals surface area (Å²) in [6, 6.07) is 7.61. The van der Waals surface area contributed by atoms with Crippen molar-refractivity contribution < 1.29 is 10.2 Å². The third-order valence-electron chi connectivity index (χ3n) is 2.62. The summed E-state index contributed by atoms with van der Waals surface area (Å²) in [5.74, 6) is 0. The number of aliphatic hydroxyl groups excluding tert-OH is 1. The van der Waals surface area contributed by atoms with E-state index >= 15 is 0 Å². The second kappa shape index (κ2) is 2.31. The van der Waals surface area contributed by atoms with Crippen LogP contribution in [0.2, 0.25) is 0 Å². The molecule has 1 aliphatic rings. The van der Waals surface area contributed by atoms with Gasteiger partial charge in [-0.1, -0.05) is 24.3 Å². The number of aliphatic hydroxyl groups is 2. The van der Waals surface area contributed by atoms with E-state index in [1.807, 2.05) is 24.3 Å². The zero-order valence-corrected chi connectivity index (χ0v) is 6.99. The summed E-state index contributed by atoms with van der Waals surface area (Å²) in [5.41, 5.74) is 0.851. The van der Waals surface area contributed by atoms with Crippen molar-refractivity contribution in [3.05, 3.63) is 35.4 Å². The summed E-state index contributed by atoms with van der Waals surface area (Å²) in [6.45, 7) is 1.66. The van der Waals surface area contributed by atoms with E-state index in [4.69, 9.17) is 0 Å². The summed E-state index contributed by atoms with van der Waals surface area (Å²) < 4.78 is 0. The van der Waals surface area contributed by atoms with E-state index in [0.717, 1.165) is 11.1 Å². The Hall–Kier alpha value is -0.860. The highest BCUT2D eigenvalue weighted by molar-refractivity contribution is 5.38. The highest BCUT2D eigenvalue weighted by Crippen LogP contribution is 2.36. The Morgan fingerprint density at radius 2 is 2.08 bits per heavy atom. The molecule has 64 valence electrons. The Kier molecular flexibility index (Phi) is 1.50. The lowest BCUT2D eigenvalue weighted by atomic mass is 9.97. The highest BCUT2D eigenvalue weighted by atomic mass is 16.3. The van der Waals surface area contributed by atoms with Crippen LogP contribution in [0.1, 0.15) is 18.1 Å². The van der Waals surface area contributed by atoms with Gasteiger partial charge in [-0.15, -0.1) is 0 Å². The average Bonchev–Trinajstić information content (AvgIpc) is 2.25. The minimum atomic E-state index is -1.06. The van der Waals surface area contributed by atoms with Gasteiger partial charge in [0, 0.05) is 6.42 Å². The highest BCUT2D eigenvalue weighted by Gasteiger charge is 2.39. The third kappa shape index (κ3) is 0.886. The number of hydrogen-bond acceptors (Lipinski definition) is 2. The first-order valence-electron chi connectivity index (χ1n) is 4.11. The normalized spacial score (nSPS) is 33.4. The molecule has 2 atom stereocenters. The van der Waals surface area contributed by atoms with Crippen LogP contribution in [0.5, 0.6) is 0 Å². The van der Waals surface area contributed by atoms with Crippen LogP contribution in [0.3, 0.4) is 0 Å². The van der Waals surface area contributed by atoms with Gasteiger partial charge in [-0.2, -0.15) is 0 Å². The van der Waals surface area contributed by atoms with E-state index in [9.17, 15) is 10.2 Å². The van der Waals surface area contributed by atoms with Gasteiger partial charge in [-0.3, -0.25) is 0 Å². The zero-order chi connectivity index (χ0) is 8.77. The Morgan fingerprint density at radius 1 is 1.42 bits per heavy atom. The molecule has 2 rings (SSSR count). The molecule has 0 bridgehead atoms. The van der Waals surface area contributed by atoms with Crippen LogP contribution in [-0.2, 0) is 12.0 Å². The number of benzene rings is 1. The third-order valence-corrected chi connectivity index (χ3v) is 2.62. The first kappa shape index (κ1) is 7.77. The van der Waals surface area contributed by atoms with Crippen LogP contribution in [-0.4, -0.2) is 16.3 Å². The molecule has 0 saturated carbocycles. The van der Waals surface area contributed by atoms with Gasteiger partial charge in [-0.05, 0) is 18.1 Å². The van der Waals surface area contributed by atoms with Gasteiger partial charge < -0.3 is 10.2 Å². The second-order valence-corrected chi connectivity index (χ2v) is 3.52. The Morgan fingerprint density at radius 3 is 2.75 bits per heavy atom. The van der Waals surface area contributed by atoms with Crippen LogP contribution in [0.4, 0.5) is 0 Å². The minimum absolute atomic E-state index is 0.559. The maximum atomic E-state index is 9.87. The molecular formula is C10H12O2. The van der Waals surface area contributed by atoms with Crippen molar-refractivity contribution in [3.63, 3.8) is 0 Å². The van der Waals surface area contributed by atoms with Crippen LogP contribution < -0.4 is 0 Å². The molecule has 0 heterocycles. The van der Waals surface area contributed by atoms with Gasteiger partial charge in [0.2, 0.25) is 0 Å². The van der Waals surface area contributed by atoms with Crippen molar-refractivity contribution in [2.24, 2.45) is 0 Å². The maximum Gasteiger partial charge on any atom is 0.113 e. The van der Waals surface area contributed by atoms with Crippen molar-refractivity contribution in [1.29, 1.82) is 0 Å². The molecule has 0 fully saturated rings. The molecule has 0 amide bonds. The molecule has 0 unspecified atom stereocenters. The largest absolute Gasteiger partial charge is 0.389 e. The Labute approximate surface area is 71.5 Å². The smallest absolute Gasteiger partial charge is 0.113 e. The zero-order valence-electron chi connectivity index (χ0n) is 6.99. The van der Waals surface area contributed by atoms with Crippen LogP contribution >= 0.6 is 0 Å². The molecule has 0 aromatic heterocycles. The molecule has 1 aromatic carbocycles. The lowest BCUT2D eigenvalue weighted by molar-refractivity contribution is -0.0529. The summed E-state index contributed by atoms with van der Waals surface area (Å²) in [7, 11) is 0. The van der Waals surface area contributed by atoms with E-state index in [2.05, 4.69) is 0 Å². The first-order chi connectivity index (χ1) is 5.62. The molecule has 0 saturated heterocycles. The Bertz CT molecular complexity index is 304. The van der Waals surface area contributed by atoms with Gasteiger partial charge in [-0.25, -0.2) is 0 Å². The fourth-order valence-electron chi connectivity index (χ4n) is 1.78. The molecule has 2 nitrogen and oxygen atoms in total. The lowest BCUT2D eigenvalue weighted by Gasteiger charge is -2.21. The van der Waals surface area contributed by atoms with Crippen molar-refractivity contribution in [3.8, 4) is 0 Å². The summed E-state index contributed by atoms with van der Waals surface area (Å²) >= 11 is 0. The Balaban J connectivity index is 2.55. The predicted octanol–water partition coefficient (Wildman–Crippen LogP) is 0.811. The van der Waals surface area contributed by atoms with E-state index in [1.165, 1.54) is 0 Å². The minimum Gasteiger partial charge on any atom is -0.389 e. The summed E-state index contributed by atoms with van der Waals surface area (Å²) in [4.78, 5) is 0. The van der Waals surface area contributed by atoms with Crippen molar-refractivity contribution in [1.82, 2.24) is 0 Å². The van der Waals surface area contributed by atoms with E-state index in [1.54, 1.807) is 6.92 Å². The van der Waals surface area contributed by atoms with Crippen molar-refractivity contribution >= 4 is 0 Å². The van der Waals surface area contributed by atoms with Gasteiger partial charge >= 0.3 is 0 Å². The van der Waals surface area contributed by atoms with Gasteiger partial charge in [0.15, 0.2) is 0 Å². The fourth-order valence-corrected chi connectivity index (χ4v) is 1.78. The van der Waals surface area contributed by atoms with Crippen molar-refractivity contribution in [2.45, 2.75) is 25.0 Å².